The number of benzene rings is 2. The van der Waals surface area contributed by atoms with Crippen molar-refractivity contribution < 1.29 is 37.5 Å². The molecule has 1 aliphatic rings. The van der Waals surface area contributed by atoms with E-state index < -0.39 is 42.9 Å². The number of carbonyl (C=O) groups excluding carboxylic acids is 3. The average molecular weight is 603 g/mol. The number of fused-ring (bicyclic) bond motifs is 3. The number of hydrogen-bond acceptors (Lipinski definition) is 8. The molecule has 0 aliphatic heterocycles. The van der Waals surface area contributed by atoms with Gasteiger partial charge in [0.2, 0.25) is 5.91 Å². The van der Waals surface area contributed by atoms with Gasteiger partial charge < -0.3 is 28.7 Å². The highest BCUT2D eigenvalue weighted by atomic mass is 31.2. The van der Waals surface area contributed by atoms with Gasteiger partial charge in [0, 0.05) is 19.0 Å². The Labute approximate surface area is 248 Å². The Kier molecular flexibility index (Phi) is 11.0. The van der Waals surface area contributed by atoms with Crippen LogP contribution in [0, 0.1) is 0 Å². The van der Waals surface area contributed by atoms with Crippen LogP contribution in [0.5, 0.6) is 0 Å². The van der Waals surface area contributed by atoms with E-state index in [0.29, 0.717) is 0 Å². The molecule has 0 radical (unpaired) electrons. The molecule has 0 fully saturated rings. The lowest BCUT2D eigenvalue weighted by Crippen LogP contribution is -2.43. The molecule has 230 valence electrons. The van der Waals surface area contributed by atoms with Crippen molar-refractivity contribution in [2.45, 2.75) is 65.6 Å². The summed E-state index contributed by atoms with van der Waals surface area (Å²) in [5, 5.41) is 2.65. The van der Waals surface area contributed by atoms with Gasteiger partial charge in [-0.2, -0.15) is 0 Å². The minimum absolute atomic E-state index is 0.00756. The summed E-state index contributed by atoms with van der Waals surface area (Å²) < 4.78 is 35.7. The van der Waals surface area contributed by atoms with E-state index >= 15 is 0 Å². The standard InChI is InChI=1S/C31H43N2O8P/c1-8-38-28(35)19-33(27(34)21-42(37,40-30(2,3)4)41-31(5,6)7)18-17-32-29(36)39-20-26-24-15-11-9-13-22(24)23-14-10-12-16-25(23)26/h9-16,26H,8,17-21H2,1-7H3,(H,32,36). The third-order valence-corrected chi connectivity index (χ3v) is 8.44. The largest absolute Gasteiger partial charge is 0.465 e. The molecule has 0 saturated heterocycles. The van der Waals surface area contributed by atoms with Crippen LogP contribution in [0.4, 0.5) is 4.79 Å². The van der Waals surface area contributed by atoms with Gasteiger partial charge in [0.1, 0.15) is 19.3 Å². The number of amides is 2. The topological polar surface area (TPSA) is 120 Å². The van der Waals surface area contributed by atoms with Crippen molar-refractivity contribution in [3.63, 3.8) is 0 Å². The lowest BCUT2D eigenvalue weighted by molar-refractivity contribution is -0.148. The molecule has 2 aromatic rings. The van der Waals surface area contributed by atoms with Crippen LogP contribution in [-0.2, 0) is 32.7 Å². The van der Waals surface area contributed by atoms with Crippen LogP contribution in [0.15, 0.2) is 48.5 Å². The summed E-state index contributed by atoms with van der Waals surface area (Å²) in [6, 6.07) is 16.1. The number of rotatable bonds is 12. The molecule has 0 saturated carbocycles. The van der Waals surface area contributed by atoms with Crippen LogP contribution in [-0.4, -0.2) is 73.1 Å². The smallest absolute Gasteiger partial charge is 0.407 e. The molecule has 42 heavy (non-hydrogen) atoms. The second kappa shape index (κ2) is 13.8. The predicted molar refractivity (Wildman–Crippen MR) is 160 cm³/mol. The van der Waals surface area contributed by atoms with Crippen LogP contribution in [0.1, 0.15) is 65.5 Å². The molecule has 0 spiro atoms. The zero-order valence-electron chi connectivity index (χ0n) is 25.6. The lowest BCUT2D eigenvalue weighted by atomic mass is 9.98. The van der Waals surface area contributed by atoms with Gasteiger partial charge in [-0.1, -0.05) is 48.5 Å². The Hall–Kier alpha value is -3.20. The fourth-order valence-electron chi connectivity index (χ4n) is 4.78. The minimum Gasteiger partial charge on any atom is -0.465 e. The zero-order valence-corrected chi connectivity index (χ0v) is 26.5. The first-order valence-corrected chi connectivity index (χ1v) is 15.9. The quantitative estimate of drug-likeness (QED) is 0.241. The molecule has 0 atom stereocenters. The van der Waals surface area contributed by atoms with Crippen molar-refractivity contribution in [2.75, 3.05) is 39.0 Å². The van der Waals surface area contributed by atoms with E-state index in [1.807, 2.05) is 36.4 Å². The van der Waals surface area contributed by atoms with Crippen molar-refractivity contribution >= 4 is 25.6 Å². The lowest BCUT2D eigenvalue weighted by Gasteiger charge is -2.33. The molecule has 0 bridgehead atoms. The number of alkyl carbamates (subject to hydrolysis) is 1. The van der Waals surface area contributed by atoms with E-state index in [0.717, 1.165) is 22.3 Å². The number of ether oxygens (including phenoxy) is 2. The molecule has 0 unspecified atom stereocenters. The van der Waals surface area contributed by atoms with E-state index in [9.17, 15) is 18.9 Å². The van der Waals surface area contributed by atoms with E-state index in [2.05, 4.69) is 17.4 Å². The summed E-state index contributed by atoms with van der Waals surface area (Å²) in [6.45, 7) is 11.8. The summed E-state index contributed by atoms with van der Waals surface area (Å²) in [4.78, 5) is 39.4. The first-order valence-electron chi connectivity index (χ1n) is 14.1. The highest BCUT2D eigenvalue weighted by Gasteiger charge is 2.39. The minimum atomic E-state index is -3.91. The number of carbonyl (C=O) groups is 3. The first kappa shape index (κ1) is 33.3. The molecule has 11 heteroatoms. The second-order valence-corrected chi connectivity index (χ2v) is 14.0. The maximum absolute atomic E-state index is 13.6. The van der Waals surface area contributed by atoms with Gasteiger partial charge in [0.25, 0.3) is 0 Å². The molecule has 10 nitrogen and oxygen atoms in total. The molecule has 1 aliphatic carbocycles. The van der Waals surface area contributed by atoms with Crippen molar-refractivity contribution in [3.8, 4) is 11.1 Å². The van der Waals surface area contributed by atoms with Crippen LogP contribution in [0.2, 0.25) is 0 Å². The van der Waals surface area contributed by atoms with Crippen LogP contribution >= 0.6 is 7.60 Å². The maximum Gasteiger partial charge on any atom is 0.407 e. The maximum atomic E-state index is 13.6. The highest BCUT2D eigenvalue weighted by Crippen LogP contribution is 2.54. The monoisotopic (exact) mass is 602 g/mol. The number of nitrogens with one attached hydrogen (secondary N) is 1. The van der Waals surface area contributed by atoms with Crippen molar-refractivity contribution in [3.05, 3.63) is 59.7 Å². The number of hydrogen-bond donors (Lipinski definition) is 1. The Balaban J connectivity index is 1.63. The third-order valence-electron chi connectivity index (χ3n) is 6.13. The van der Waals surface area contributed by atoms with Crippen LogP contribution in [0.25, 0.3) is 11.1 Å². The van der Waals surface area contributed by atoms with Crippen molar-refractivity contribution in [1.82, 2.24) is 10.2 Å². The predicted octanol–water partition coefficient (Wildman–Crippen LogP) is 5.74. The van der Waals surface area contributed by atoms with E-state index in [-0.39, 0.29) is 38.8 Å². The molecule has 1 N–H and O–H groups in total. The fraction of sp³-hybridized carbons (Fsp3) is 0.516. The fourth-order valence-corrected chi connectivity index (χ4v) is 7.15. The summed E-state index contributed by atoms with van der Waals surface area (Å²) in [5.41, 5.74) is 2.74. The highest BCUT2D eigenvalue weighted by molar-refractivity contribution is 7.55. The summed E-state index contributed by atoms with van der Waals surface area (Å²) >= 11 is 0. The van der Waals surface area contributed by atoms with Gasteiger partial charge >= 0.3 is 19.7 Å². The molecule has 2 amide bonds. The van der Waals surface area contributed by atoms with Crippen molar-refractivity contribution in [1.29, 1.82) is 0 Å². The second-order valence-electron chi connectivity index (χ2n) is 12.0. The SMILES string of the molecule is CCOC(=O)CN(CCNC(=O)OCC1c2ccccc2-c2ccccc21)C(=O)CP(=O)(OC(C)(C)C)OC(C)(C)C. The molecule has 3 rings (SSSR count). The number of esters is 1. The Morgan fingerprint density at radius 3 is 1.88 bits per heavy atom. The summed E-state index contributed by atoms with van der Waals surface area (Å²) in [6.07, 6.45) is -1.23. The molecule has 0 heterocycles. The summed E-state index contributed by atoms with van der Waals surface area (Å²) in [7, 11) is -3.91. The van der Waals surface area contributed by atoms with E-state index in [1.165, 1.54) is 4.90 Å². The van der Waals surface area contributed by atoms with Gasteiger partial charge in [-0.25, -0.2) is 4.79 Å². The molecule has 0 aromatic heterocycles. The van der Waals surface area contributed by atoms with Gasteiger partial charge in [0.15, 0.2) is 0 Å². The third kappa shape index (κ3) is 9.68. The Morgan fingerprint density at radius 1 is 0.857 bits per heavy atom. The van der Waals surface area contributed by atoms with Gasteiger partial charge in [0.05, 0.1) is 17.8 Å². The first-order chi connectivity index (χ1) is 19.6. The normalized spacial score (nSPS) is 13.2. The number of nitrogens with zero attached hydrogens (tertiary/aromatic N) is 1. The van der Waals surface area contributed by atoms with E-state index in [1.54, 1.807) is 48.5 Å². The van der Waals surface area contributed by atoms with Gasteiger partial charge in [-0.3, -0.25) is 14.2 Å². The van der Waals surface area contributed by atoms with Gasteiger partial charge in [-0.05, 0) is 70.7 Å². The summed E-state index contributed by atoms with van der Waals surface area (Å²) in [5.74, 6) is -1.35. The van der Waals surface area contributed by atoms with Crippen LogP contribution < -0.4 is 5.32 Å². The zero-order chi connectivity index (χ0) is 31.1. The van der Waals surface area contributed by atoms with Crippen molar-refractivity contribution in [2.24, 2.45) is 0 Å². The molecular weight excluding hydrogens is 559 g/mol. The van der Waals surface area contributed by atoms with Gasteiger partial charge in [-0.15, -0.1) is 0 Å². The molecule has 2 aromatic carbocycles. The average Bonchev–Trinajstić information content (AvgIpc) is 3.18. The Bertz CT molecular complexity index is 1250. The van der Waals surface area contributed by atoms with E-state index in [4.69, 9.17) is 18.5 Å². The Morgan fingerprint density at radius 2 is 1.38 bits per heavy atom. The van der Waals surface area contributed by atoms with Crippen LogP contribution in [0.3, 0.4) is 0 Å². The molecular formula is C31H43N2O8P.